The fourth-order valence-corrected chi connectivity index (χ4v) is 6.56. The Kier molecular flexibility index (Phi) is 7.87. The lowest BCUT2D eigenvalue weighted by atomic mass is 9.80. The van der Waals surface area contributed by atoms with Gasteiger partial charge in [0.05, 0.1) is 6.54 Å². The minimum atomic E-state index is -1.04. The van der Waals surface area contributed by atoms with E-state index in [1.165, 1.54) is 12.8 Å². The Bertz CT molecular complexity index is 1110. The zero-order valence-electron chi connectivity index (χ0n) is 20.6. The number of hydrogen-bond donors (Lipinski definition) is 2. The minimum absolute atomic E-state index is 0.0665. The average molecular weight is 530 g/mol. The topological polar surface area (TPSA) is 64.7 Å². The van der Waals surface area contributed by atoms with Gasteiger partial charge in [0.15, 0.2) is 0 Å². The first-order valence-electron chi connectivity index (χ1n) is 13.1. The number of nitrogens with one attached hydrogen (secondary N) is 2. The van der Waals surface area contributed by atoms with E-state index in [1.54, 1.807) is 6.07 Å². The van der Waals surface area contributed by atoms with Gasteiger partial charge in [0.25, 0.3) is 0 Å². The predicted octanol–water partition coefficient (Wildman–Crippen LogP) is 5.54. The van der Waals surface area contributed by atoms with Crippen LogP contribution in [0.2, 0.25) is 10.0 Å². The molecular formula is C28H34Cl2N4O2. The second-order valence-corrected chi connectivity index (χ2v) is 11.2. The third-order valence-electron chi connectivity index (χ3n) is 7.86. The number of rotatable bonds is 7. The van der Waals surface area contributed by atoms with Crippen molar-refractivity contribution in [2.75, 3.05) is 25.0 Å². The highest BCUT2D eigenvalue weighted by Crippen LogP contribution is 2.46. The van der Waals surface area contributed by atoms with Crippen molar-refractivity contribution in [1.29, 1.82) is 0 Å². The van der Waals surface area contributed by atoms with Crippen LogP contribution in [0.1, 0.15) is 62.5 Å². The van der Waals surface area contributed by atoms with Gasteiger partial charge in [-0.3, -0.25) is 19.9 Å². The summed E-state index contributed by atoms with van der Waals surface area (Å²) < 4.78 is 0. The number of carbonyl (C=O) groups is 2. The summed E-state index contributed by atoms with van der Waals surface area (Å²) in [5, 5.41) is 6.32. The SMILES string of the molecule is O=C(CN(C1CCCCC1)C1(Cc2cccc(Cl)c2)C(=O)Nc2cc(Cl)ccc21)NN1CCCCC1. The Morgan fingerprint density at radius 1 is 1.00 bits per heavy atom. The highest BCUT2D eigenvalue weighted by molar-refractivity contribution is 6.31. The van der Waals surface area contributed by atoms with Gasteiger partial charge in [-0.1, -0.05) is 67.1 Å². The fraction of sp³-hybridized carbons (Fsp3) is 0.500. The van der Waals surface area contributed by atoms with Crippen molar-refractivity contribution in [3.63, 3.8) is 0 Å². The number of hydrogen-bond acceptors (Lipinski definition) is 4. The van der Waals surface area contributed by atoms with E-state index >= 15 is 0 Å². The average Bonchev–Trinajstić information content (AvgIpc) is 3.14. The maximum Gasteiger partial charge on any atom is 0.249 e. The normalized spacial score (nSPS) is 22.9. The van der Waals surface area contributed by atoms with Crippen molar-refractivity contribution in [3.8, 4) is 0 Å². The summed E-state index contributed by atoms with van der Waals surface area (Å²) in [5.41, 5.74) is 4.63. The predicted molar refractivity (Wildman–Crippen MR) is 144 cm³/mol. The van der Waals surface area contributed by atoms with Crippen LogP contribution in [-0.4, -0.2) is 47.4 Å². The number of hydrazine groups is 1. The summed E-state index contributed by atoms with van der Waals surface area (Å²) in [6.07, 6.45) is 9.08. The van der Waals surface area contributed by atoms with Crippen molar-refractivity contribution in [3.05, 3.63) is 63.6 Å². The molecule has 6 nitrogen and oxygen atoms in total. The molecule has 1 aliphatic carbocycles. The molecule has 5 rings (SSSR count). The summed E-state index contributed by atoms with van der Waals surface area (Å²) in [6.45, 7) is 1.88. The molecular weight excluding hydrogens is 495 g/mol. The zero-order valence-corrected chi connectivity index (χ0v) is 22.1. The molecule has 36 heavy (non-hydrogen) atoms. The van der Waals surface area contributed by atoms with Crippen LogP contribution in [0, 0.1) is 0 Å². The van der Waals surface area contributed by atoms with E-state index in [0.29, 0.717) is 22.2 Å². The molecule has 1 atom stereocenters. The molecule has 0 bridgehead atoms. The van der Waals surface area contributed by atoms with Gasteiger partial charge in [-0.15, -0.1) is 0 Å². The van der Waals surface area contributed by atoms with Crippen molar-refractivity contribution < 1.29 is 9.59 Å². The summed E-state index contributed by atoms with van der Waals surface area (Å²) in [4.78, 5) is 29.7. The third-order valence-corrected chi connectivity index (χ3v) is 8.33. The van der Waals surface area contributed by atoms with Crippen LogP contribution in [0.4, 0.5) is 5.69 Å². The molecule has 2 aromatic carbocycles. The largest absolute Gasteiger partial charge is 0.324 e. The van der Waals surface area contributed by atoms with E-state index < -0.39 is 5.54 Å². The Morgan fingerprint density at radius 3 is 2.47 bits per heavy atom. The number of fused-ring (bicyclic) bond motifs is 1. The molecule has 3 aliphatic rings. The molecule has 1 saturated heterocycles. The number of anilines is 1. The molecule has 2 heterocycles. The van der Waals surface area contributed by atoms with E-state index in [-0.39, 0.29) is 24.4 Å². The van der Waals surface area contributed by atoms with Crippen LogP contribution in [0.25, 0.3) is 0 Å². The minimum Gasteiger partial charge on any atom is -0.324 e. The molecule has 1 saturated carbocycles. The van der Waals surface area contributed by atoms with E-state index in [2.05, 4.69) is 15.6 Å². The zero-order chi connectivity index (χ0) is 25.1. The molecule has 192 valence electrons. The lowest BCUT2D eigenvalue weighted by molar-refractivity contribution is -0.137. The highest BCUT2D eigenvalue weighted by Gasteiger charge is 2.53. The Morgan fingerprint density at radius 2 is 1.72 bits per heavy atom. The summed E-state index contributed by atoms with van der Waals surface area (Å²) in [5.74, 6) is -0.181. The van der Waals surface area contributed by atoms with Crippen molar-refractivity contribution in [2.24, 2.45) is 0 Å². The number of carbonyl (C=O) groups excluding carboxylic acids is 2. The molecule has 0 spiro atoms. The quantitative estimate of drug-likeness (QED) is 0.495. The van der Waals surface area contributed by atoms with Crippen molar-refractivity contribution in [2.45, 2.75) is 69.4 Å². The number of benzene rings is 2. The summed E-state index contributed by atoms with van der Waals surface area (Å²) in [7, 11) is 0. The standard InChI is InChI=1S/C28H34Cl2N4O2/c29-21-9-7-8-20(16-21)18-28(24-13-12-22(30)17-25(24)31-27(28)36)34(23-10-3-1-4-11-23)19-26(35)32-33-14-5-2-6-15-33/h7-9,12-13,16-17,23H,1-6,10-11,14-15,18-19H2,(H,31,36)(H,32,35). The maximum atomic E-state index is 14.0. The molecule has 0 aromatic heterocycles. The fourth-order valence-electron chi connectivity index (χ4n) is 6.17. The number of halogens is 2. The van der Waals surface area contributed by atoms with Crippen molar-refractivity contribution >= 4 is 40.7 Å². The number of piperidine rings is 1. The first-order chi connectivity index (χ1) is 17.5. The van der Waals surface area contributed by atoms with Gasteiger partial charge >= 0.3 is 0 Å². The monoisotopic (exact) mass is 528 g/mol. The molecule has 0 radical (unpaired) electrons. The van der Waals surface area contributed by atoms with Gasteiger partial charge in [-0.05, 0) is 55.5 Å². The molecule has 2 aliphatic heterocycles. The van der Waals surface area contributed by atoms with Gasteiger partial charge in [-0.25, -0.2) is 5.01 Å². The van der Waals surface area contributed by atoms with Crippen LogP contribution in [0.3, 0.4) is 0 Å². The van der Waals surface area contributed by atoms with Gasteiger partial charge in [-0.2, -0.15) is 0 Å². The molecule has 8 heteroatoms. The van der Waals surface area contributed by atoms with E-state index in [9.17, 15) is 9.59 Å². The van der Waals surface area contributed by atoms with Crippen LogP contribution in [-0.2, 0) is 21.5 Å². The van der Waals surface area contributed by atoms with Gasteiger partial charge < -0.3 is 5.32 Å². The van der Waals surface area contributed by atoms with Crippen LogP contribution < -0.4 is 10.7 Å². The first kappa shape index (κ1) is 25.5. The van der Waals surface area contributed by atoms with Crippen LogP contribution >= 0.6 is 23.2 Å². The first-order valence-corrected chi connectivity index (χ1v) is 13.9. The molecule has 2 aromatic rings. The van der Waals surface area contributed by atoms with E-state index in [1.807, 2.05) is 41.4 Å². The number of nitrogens with zero attached hydrogens (tertiary/aromatic N) is 2. The van der Waals surface area contributed by atoms with Crippen molar-refractivity contribution in [1.82, 2.24) is 15.3 Å². The molecule has 1 unspecified atom stereocenters. The lowest BCUT2D eigenvalue weighted by Crippen LogP contribution is -2.60. The van der Waals surface area contributed by atoms with Gasteiger partial charge in [0.2, 0.25) is 11.8 Å². The van der Waals surface area contributed by atoms with E-state index in [4.69, 9.17) is 23.2 Å². The Balaban J connectivity index is 1.56. The smallest absolute Gasteiger partial charge is 0.249 e. The highest BCUT2D eigenvalue weighted by atomic mass is 35.5. The second kappa shape index (κ2) is 11.1. The second-order valence-electron chi connectivity index (χ2n) is 10.3. The summed E-state index contributed by atoms with van der Waals surface area (Å²) >= 11 is 12.7. The Hall–Kier alpha value is -2.12. The van der Waals surface area contributed by atoms with Gasteiger partial charge in [0.1, 0.15) is 5.54 Å². The molecule has 2 N–H and O–H groups in total. The Labute approximate surface area is 223 Å². The van der Waals surface area contributed by atoms with Crippen LogP contribution in [0.15, 0.2) is 42.5 Å². The summed E-state index contributed by atoms with van der Waals surface area (Å²) in [6, 6.07) is 13.4. The lowest BCUT2D eigenvalue weighted by Gasteiger charge is -2.46. The van der Waals surface area contributed by atoms with E-state index in [0.717, 1.165) is 62.7 Å². The number of amides is 2. The molecule has 2 amide bonds. The maximum absolute atomic E-state index is 14.0. The molecule has 2 fully saturated rings. The third kappa shape index (κ3) is 5.28. The van der Waals surface area contributed by atoms with Crippen LogP contribution in [0.5, 0.6) is 0 Å². The van der Waals surface area contributed by atoms with Gasteiger partial charge in [0, 0.05) is 46.8 Å².